The molecule has 0 N–H and O–H groups in total. The number of aryl methyl sites for hydroxylation is 2. The van der Waals surface area contributed by atoms with Crippen LogP contribution in [0.5, 0.6) is 0 Å². The standard InChI is InChI=1S/C21H19N9O/c1-12-13-11-29(27-12)7-4-6-28(2)20(31)18-19(30-8-3-5-22-21(30)26-18)15-10-23-14-9-24-16(13)17(14)25-15/h3,5,8,10-11H,4,6-7,9H2,1-2H3. The van der Waals surface area contributed by atoms with E-state index in [-0.39, 0.29) is 5.91 Å². The first kappa shape index (κ1) is 17.9. The number of nitrogens with zero attached hydrogens (tertiary/aromatic N) is 9. The van der Waals surface area contributed by atoms with E-state index in [2.05, 4.69) is 20.1 Å². The zero-order valence-electron chi connectivity index (χ0n) is 17.1. The van der Waals surface area contributed by atoms with Crippen molar-refractivity contribution in [3.05, 3.63) is 59.2 Å². The Bertz CT molecular complexity index is 1400. The summed E-state index contributed by atoms with van der Waals surface area (Å²) in [5.41, 5.74) is 5.67. The average Bonchev–Trinajstić information content (AvgIpc) is 3.46. The monoisotopic (exact) mass is 413 g/mol. The van der Waals surface area contributed by atoms with Crippen LogP contribution in [-0.4, -0.2) is 64.2 Å². The van der Waals surface area contributed by atoms with Crippen LogP contribution in [0.15, 0.2) is 35.8 Å². The molecule has 10 nitrogen and oxygen atoms in total. The Kier molecular flexibility index (Phi) is 3.76. The van der Waals surface area contributed by atoms with E-state index < -0.39 is 0 Å². The van der Waals surface area contributed by atoms with Crippen LogP contribution in [0, 0.1) is 6.92 Å². The molecule has 0 atom stereocenters. The van der Waals surface area contributed by atoms with E-state index >= 15 is 0 Å². The van der Waals surface area contributed by atoms with Gasteiger partial charge in [0.2, 0.25) is 5.78 Å². The smallest absolute Gasteiger partial charge is 0.274 e. The number of fused-ring (bicyclic) bond motifs is 8. The Morgan fingerprint density at radius 1 is 1.10 bits per heavy atom. The van der Waals surface area contributed by atoms with Gasteiger partial charge in [0, 0.05) is 44.3 Å². The third-order valence-corrected chi connectivity index (χ3v) is 5.74. The second-order valence-electron chi connectivity index (χ2n) is 7.79. The van der Waals surface area contributed by atoms with Gasteiger partial charge in [0.05, 0.1) is 29.8 Å². The summed E-state index contributed by atoms with van der Waals surface area (Å²) < 4.78 is 3.70. The zero-order valence-corrected chi connectivity index (χ0v) is 17.1. The van der Waals surface area contributed by atoms with Crippen LogP contribution in [0.2, 0.25) is 0 Å². The average molecular weight is 413 g/mol. The first-order chi connectivity index (χ1) is 15.1. The highest BCUT2D eigenvalue weighted by atomic mass is 16.2. The first-order valence-electron chi connectivity index (χ1n) is 10.1. The Morgan fingerprint density at radius 2 is 2.00 bits per heavy atom. The minimum atomic E-state index is -0.175. The lowest BCUT2D eigenvalue weighted by Gasteiger charge is -2.17. The van der Waals surface area contributed by atoms with E-state index in [9.17, 15) is 4.79 Å². The molecule has 0 aliphatic carbocycles. The lowest BCUT2D eigenvalue weighted by molar-refractivity contribution is 0.0787. The van der Waals surface area contributed by atoms with Gasteiger partial charge < -0.3 is 4.90 Å². The lowest BCUT2D eigenvalue weighted by atomic mass is 10.1. The molecule has 0 aromatic carbocycles. The van der Waals surface area contributed by atoms with Crippen LogP contribution in [-0.2, 0) is 13.1 Å². The molecular weight excluding hydrogens is 394 g/mol. The van der Waals surface area contributed by atoms with Crippen molar-refractivity contribution in [2.45, 2.75) is 26.4 Å². The van der Waals surface area contributed by atoms with Crippen molar-refractivity contribution < 1.29 is 4.79 Å². The molecule has 4 aromatic rings. The quantitative estimate of drug-likeness (QED) is 0.433. The van der Waals surface area contributed by atoms with Gasteiger partial charge in [0.25, 0.3) is 5.91 Å². The maximum atomic E-state index is 13.3. The van der Waals surface area contributed by atoms with Crippen LogP contribution in [0.3, 0.4) is 0 Å². The van der Waals surface area contributed by atoms with Gasteiger partial charge in [0.1, 0.15) is 17.1 Å². The van der Waals surface area contributed by atoms with E-state index in [1.807, 2.05) is 24.0 Å². The van der Waals surface area contributed by atoms with E-state index in [1.165, 1.54) is 0 Å². The fourth-order valence-electron chi connectivity index (χ4n) is 4.17. The summed E-state index contributed by atoms with van der Waals surface area (Å²) in [6.45, 7) is 3.73. The second kappa shape index (κ2) is 6.53. The molecule has 1 amide bonds. The maximum Gasteiger partial charge on any atom is 0.274 e. The molecule has 0 saturated carbocycles. The largest absolute Gasteiger partial charge is 0.340 e. The molecular formula is C21H19N9O. The topological polar surface area (TPSA) is 106 Å². The molecule has 6 heterocycles. The van der Waals surface area contributed by atoms with E-state index in [1.54, 1.807) is 34.8 Å². The highest BCUT2D eigenvalue weighted by Crippen LogP contribution is 2.28. The Hall–Kier alpha value is -3.95. The molecule has 154 valence electrons. The summed E-state index contributed by atoms with van der Waals surface area (Å²) in [6, 6.07) is 1.81. The van der Waals surface area contributed by atoms with Crippen LogP contribution >= 0.6 is 0 Å². The van der Waals surface area contributed by atoms with Gasteiger partial charge in [-0.1, -0.05) is 0 Å². The fourth-order valence-corrected chi connectivity index (χ4v) is 4.17. The Morgan fingerprint density at radius 3 is 2.90 bits per heavy atom. The molecule has 4 aromatic heterocycles. The van der Waals surface area contributed by atoms with E-state index in [0.29, 0.717) is 42.5 Å². The molecule has 0 spiro atoms. The van der Waals surface area contributed by atoms with Crippen molar-refractivity contribution >= 4 is 17.4 Å². The van der Waals surface area contributed by atoms with Crippen LogP contribution in [0.1, 0.15) is 39.6 Å². The fraction of sp³-hybridized carbons (Fsp3) is 0.286. The molecule has 10 heteroatoms. The van der Waals surface area contributed by atoms with Crippen LogP contribution < -0.4 is 0 Å². The minimum absolute atomic E-state index is 0.175. The molecule has 4 bridgehead atoms. The van der Waals surface area contributed by atoms with Gasteiger partial charge in [-0.05, 0) is 19.4 Å². The predicted octanol–water partition coefficient (Wildman–Crippen LogP) is 1.52. The molecule has 2 aliphatic heterocycles. The third-order valence-electron chi connectivity index (χ3n) is 5.74. The SMILES string of the molecule is Cc1nn2cc1C1=NCc3ncc(nc31)-c1c(nc3ncccn13)C(=O)N(C)CCC2. The maximum absolute atomic E-state index is 13.3. The van der Waals surface area contributed by atoms with Crippen molar-refractivity contribution in [1.82, 2.24) is 39.0 Å². The minimum Gasteiger partial charge on any atom is -0.340 e. The van der Waals surface area contributed by atoms with Crippen LogP contribution in [0.4, 0.5) is 0 Å². The number of hydrogen-bond acceptors (Lipinski definition) is 7. The molecule has 31 heavy (non-hydrogen) atoms. The molecule has 0 saturated heterocycles. The second-order valence-corrected chi connectivity index (χ2v) is 7.79. The number of carbonyl (C=O) groups is 1. The normalized spacial score (nSPS) is 15.7. The third kappa shape index (κ3) is 2.68. The number of rotatable bonds is 0. The van der Waals surface area contributed by atoms with Gasteiger partial charge in [-0.3, -0.25) is 23.9 Å². The first-order valence-corrected chi connectivity index (χ1v) is 10.1. The van der Waals surface area contributed by atoms with Crippen molar-refractivity contribution in [2.75, 3.05) is 13.6 Å². The van der Waals surface area contributed by atoms with Gasteiger partial charge in [0.15, 0.2) is 5.69 Å². The number of carbonyl (C=O) groups excluding carboxylic acids is 1. The van der Waals surface area contributed by atoms with Crippen molar-refractivity contribution in [1.29, 1.82) is 0 Å². The van der Waals surface area contributed by atoms with Gasteiger partial charge in [-0.25, -0.2) is 15.0 Å². The predicted molar refractivity (Wildman–Crippen MR) is 112 cm³/mol. The molecule has 0 unspecified atom stereocenters. The highest BCUT2D eigenvalue weighted by Gasteiger charge is 2.29. The van der Waals surface area contributed by atoms with Crippen molar-refractivity contribution in [2.24, 2.45) is 4.99 Å². The zero-order chi connectivity index (χ0) is 21.1. The summed E-state index contributed by atoms with van der Waals surface area (Å²) in [4.78, 5) is 38.1. The summed E-state index contributed by atoms with van der Waals surface area (Å²) >= 11 is 0. The highest BCUT2D eigenvalue weighted by molar-refractivity contribution is 6.14. The lowest BCUT2D eigenvalue weighted by Crippen LogP contribution is -2.29. The summed E-state index contributed by atoms with van der Waals surface area (Å²) in [6.07, 6.45) is 7.96. The molecule has 0 fully saturated rings. The van der Waals surface area contributed by atoms with Crippen molar-refractivity contribution in [3.8, 4) is 11.4 Å². The number of imidazole rings is 1. The number of hydrogen-bond donors (Lipinski definition) is 0. The van der Waals surface area contributed by atoms with Crippen LogP contribution in [0.25, 0.3) is 17.2 Å². The molecule has 6 rings (SSSR count). The number of aromatic nitrogens is 7. The Labute approximate surface area is 177 Å². The van der Waals surface area contributed by atoms with Crippen molar-refractivity contribution in [3.63, 3.8) is 0 Å². The summed E-state index contributed by atoms with van der Waals surface area (Å²) in [5.74, 6) is 0.275. The Balaban J connectivity index is 1.63. The summed E-state index contributed by atoms with van der Waals surface area (Å²) in [7, 11) is 1.79. The van der Waals surface area contributed by atoms with E-state index in [4.69, 9.17) is 9.98 Å². The molecule has 0 radical (unpaired) electrons. The number of amides is 1. The number of aliphatic imine (C=N–C) groups is 1. The van der Waals surface area contributed by atoms with Gasteiger partial charge >= 0.3 is 0 Å². The van der Waals surface area contributed by atoms with Gasteiger partial charge in [-0.2, -0.15) is 5.10 Å². The summed E-state index contributed by atoms with van der Waals surface area (Å²) in [5, 5.41) is 4.64. The van der Waals surface area contributed by atoms with Gasteiger partial charge in [-0.15, -0.1) is 0 Å². The van der Waals surface area contributed by atoms with E-state index in [0.717, 1.165) is 34.8 Å². The molecule has 2 aliphatic rings.